The lowest BCUT2D eigenvalue weighted by Gasteiger charge is -2.24. The summed E-state index contributed by atoms with van der Waals surface area (Å²) in [5.74, 6) is -0.159. The van der Waals surface area contributed by atoms with Crippen LogP contribution < -0.4 is 5.32 Å². The van der Waals surface area contributed by atoms with Crippen LogP contribution in [-0.4, -0.2) is 19.8 Å². The van der Waals surface area contributed by atoms with Crippen LogP contribution in [0.4, 0.5) is 4.39 Å². The molecule has 1 aliphatic rings. The van der Waals surface area contributed by atoms with Crippen LogP contribution in [0.25, 0.3) is 0 Å². The van der Waals surface area contributed by atoms with Crippen molar-refractivity contribution >= 4 is 22.6 Å². The Morgan fingerprint density at radius 1 is 1.50 bits per heavy atom. The van der Waals surface area contributed by atoms with E-state index in [0.29, 0.717) is 18.8 Å². The average Bonchev–Trinajstić information content (AvgIpc) is 2.23. The first kappa shape index (κ1) is 10.3. The molecular weight excluding hydrogens is 296 g/mol. The predicted octanol–water partition coefficient (Wildman–Crippen LogP) is 2.09. The fourth-order valence-corrected chi connectivity index (χ4v) is 2.06. The molecule has 0 radical (unpaired) electrons. The van der Waals surface area contributed by atoms with Gasteiger partial charge < -0.3 is 10.1 Å². The normalized spacial score (nSPS) is 22.3. The minimum Gasteiger partial charge on any atom is -0.378 e. The number of morpholine rings is 1. The van der Waals surface area contributed by atoms with Crippen LogP contribution in [0.2, 0.25) is 0 Å². The fraction of sp³-hybridized carbons (Fsp3) is 0.400. The van der Waals surface area contributed by atoms with E-state index in [9.17, 15) is 4.39 Å². The zero-order chi connectivity index (χ0) is 9.97. The largest absolute Gasteiger partial charge is 0.378 e. The van der Waals surface area contributed by atoms with Gasteiger partial charge in [0.1, 0.15) is 5.82 Å². The highest BCUT2D eigenvalue weighted by Gasteiger charge is 2.18. The van der Waals surface area contributed by atoms with Crippen LogP contribution in [0.3, 0.4) is 0 Å². The highest BCUT2D eigenvalue weighted by molar-refractivity contribution is 14.1. The Labute approximate surface area is 96.0 Å². The molecule has 4 heteroatoms. The van der Waals surface area contributed by atoms with Crippen molar-refractivity contribution in [2.75, 3.05) is 19.8 Å². The first-order valence-corrected chi connectivity index (χ1v) is 5.61. The molecule has 1 aromatic carbocycles. The van der Waals surface area contributed by atoms with Crippen LogP contribution in [0, 0.1) is 9.39 Å². The van der Waals surface area contributed by atoms with Crippen molar-refractivity contribution < 1.29 is 9.13 Å². The van der Waals surface area contributed by atoms with Gasteiger partial charge in [0, 0.05) is 15.7 Å². The van der Waals surface area contributed by atoms with E-state index < -0.39 is 0 Å². The lowest BCUT2D eigenvalue weighted by molar-refractivity contribution is 0.0757. The Morgan fingerprint density at radius 3 is 3.07 bits per heavy atom. The molecule has 0 saturated carbocycles. The summed E-state index contributed by atoms with van der Waals surface area (Å²) in [5.41, 5.74) is 0.705. The maximum absolute atomic E-state index is 13.5. The Bertz CT molecular complexity index is 326. The van der Waals surface area contributed by atoms with Crippen molar-refractivity contribution in [3.05, 3.63) is 33.1 Å². The summed E-state index contributed by atoms with van der Waals surface area (Å²) in [4.78, 5) is 0. The van der Waals surface area contributed by atoms with Gasteiger partial charge in [-0.05, 0) is 40.8 Å². The Morgan fingerprint density at radius 2 is 2.36 bits per heavy atom. The second-order valence-electron chi connectivity index (χ2n) is 3.25. The van der Waals surface area contributed by atoms with E-state index in [1.807, 2.05) is 6.07 Å². The molecule has 76 valence electrons. The van der Waals surface area contributed by atoms with Gasteiger partial charge in [-0.2, -0.15) is 0 Å². The first-order valence-electron chi connectivity index (χ1n) is 4.53. The monoisotopic (exact) mass is 307 g/mol. The van der Waals surface area contributed by atoms with Gasteiger partial charge in [0.15, 0.2) is 0 Å². The van der Waals surface area contributed by atoms with Crippen LogP contribution in [0.5, 0.6) is 0 Å². The van der Waals surface area contributed by atoms with E-state index in [1.165, 1.54) is 6.07 Å². The molecule has 0 spiro atoms. The lowest BCUT2D eigenvalue weighted by Crippen LogP contribution is -2.35. The average molecular weight is 307 g/mol. The Kier molecular flexibility index (Phi) is 3.35. The highest BCUT2D eigenvalue weighted by atomic mass is 127. The van der Waals surface area contributed by atoms with E-state index in [1.54, 1.807) is 6.07 Å². The molecule has 14 heavy (non-hydrogen) atoms. The number of benzene rings is 1. The zero-order valence-corrected chi connectivity index (χ0v) is 9.75. The van der Waals surface area contributed by atoms with Crippen molar-refractivity contribution in [1.29, 1.82) is 0 Å². The predicted molar refractivity (Wildman–Crippen MR) is 60.7 cm³/mol. The second-order valence-corrected chi connectivity index (χ2v) is 4.49. The third-order valence-corrected chi connectivity index (χ3v) is 2.93. The summed E-state index contributed by atoms with van der Waals surface area (Å²) >= 11 is 2.18. The summed E-state index contributed by atoms with van der Waals surface area (Å²) in [7, 11) is 0. The number of halogens is 2. The quantitative estimate of drug-likeness (QED) is 0.802. The third-order valence-electron chi connectivity index (χ3n) is 2.26. The summed E-state index contributed by atoms with van der Waals surface area (Å²) in [6.45, 7) is 2.05. The lowest BCUT2D eigenvalue weighted by atomic mass is 10.1. The molecule has 1 aromatic rings. The van der Waals surface area contributed by atoms with Crippen molar-refractivity contribution in [3.8, 4) is 0 Å². The Hall–Kier alpha value is -0.200. The second kappa shape index (κ2) is 4.55. The molecule has 0 unspecified atom stereocenters. The van der Waals surface area contributed by atoms with Crippen LogP contribution in [0.1, 0.15) is 11.6 Å². The van der Waals surface area contributed by atoms with Crippen molar-refractivity contribution in [3.63, 3.8) is 0 Å². The summed E-state index contributed by atoms with van der Waals surface area (Å²) < 4.78 is 19.8. The van der Waals surface area contributed by atoms with Crippen molar-refractivity contribution in [2.45, 2.75) is 6.04 Å². The number of nitrogens with one attached hydrogen (secondary N) is 1. The Balaban J connectivity index is 2.24. The molecule has 1 fully saturated rings. The molecule has 2 nitrogen and oxygen atoms in total. The SMILES string of the molecule is Fc1ccc(I)cc1[C@H]1COCCN1. The van der Waals surface area contributed by atoms with Gasteiger partial charge in [-0.15, -0.1) is 0 Å². The molecular formula is C10H11FINO. The van der Waals surface area contributed by atoms with Crippen molar-refractivity contribution in [2.24, 2.45) is 0 Å². The van der Waals surface area contributed by atoms with E-state index in [0.717, 1.165) is 10.1 Å². The summed E-state index contributed by atoms with van der Waals surface area (Å²) in [6, 6.07) is 5.14. The molecule has 0 aliphatic carbocycles. The van der Waals surface area contributed by atoms with Gasteiger partial charge in [0.05, 0.1) is 19.3 Å². The van der Waals surface area contributed by atoms with Crippen molar-refractivity contribution in [1.82, 2.24) is 5.32 Å². The van der Waals surface area contributed by atoms with Gasteiger partial charge >= 0.3 is 0 Å². The zero-order valence-electron chi connectivity index (χ0n) is 7.59. The van der Waals surface area contributed by atoms with Gasteiger partial charge in [0.2, 0.25) is 0 Å². The number of hydrogen-bond donors (Lipinski definition) is 1. The standard InChI is InChI=1S/C10H11FINO/c11-9-2-1-7(12)5-8(9)10-6-14-4-3-13-10/h1-2,5,10,13H,3-4,6H2/t10-/m1/s1. The third kappa shape index (κ3) is 2.24. The number of ether oxygens (including phenoxy) is 1. The van der Waals surface area contributed by atoms with Crippen LogP contribution in [0.15, 0.2) is 18.2 Å². The molecule has 1 atom stereocenters. The van der Waals surface area contributed by atoms with Gasteiger partial charge in [-0.3, -0.25) is 0 Å². The summed E-state index contributed by atoms with van der Waals surface area (Å²) in [6.07, 6.45) is 0. The van der Waals surface area contributed by atoms with E-state index in [2.05, 4.69) is 27.9 Å². The van der Waals surface area contributed by atoms with E-state index >= 15 is 0 Å². The van der Waals surface area contributed by atoms with Gasteiger partial charge in [-0.1, -0.05) is 0 Å². The van der Waals surface area contributed by atoms with Gasteiger partial charge in [0.25, 0.3) is 0 Å². The maximum Gasteiger partial charge on any atom is 0.128 e. The number of rotatable bonds is 1. The topological polar surface area (TPSA) is 21.3 Å². The molecule has 1 heterocycles. The first-order chi connectivity index (χ1) is 6.77. The molecule has 1 N–H and O–H groups in total. The van der Waals surface area contributed by atoms with Crippen LogP contribution in [-0.2, 0) is 4.74 Å². The smallest absolute Gasteiger partial charge is 0.128 e. The van der Waals surface area contributed by atoms with Gasteiger partial charge in [-0.25, -0.2) is 4.39 Å². The van der Waals surface area contributed by atoms with E-state index in [-0.39, 0.29) is 11.9 Å². The fourth-order valence-electron chi connectivity index (χ4n) is 1.55. The molecule has 2 rings (SSSR count). The molecule has 0 amide bonds. The summed E-state index contributed by atoms with van der Waals surface area (Å²) in [5, 5.41) is 3.24. The molecule has 1 aliphatic heterocycles. The molecule has 0 bridgehead atoms. The minimum absolute atomic E-state index is 0.00142. The van der Waals surface area contributed by atoms with E-state index in [4.69, 9.17) is 4.74 Å². The molecule has 1 saturated heterocycles. The van der Waals surface area contributed by atoms with Crippen LogP contribution >= 0.6 is 22.6 Å². The maximum atomic E-state index is 13.5. The number of hydrogen-bond acceptors (Lipinski definition) is 2. The highest BCUT2D eigenvalue weighted by Crippen LogP contribution is 2.21. The molecule has 0 aromatic heterocycles. The minimum atomic E-state index is -0.159.